The Morgan fingerprint density at radius 3 is 2.64 bits per heavy atom. The molecule has 0 aliphatic carbocycles. The van der Waals surface area contributed by atoms with Gasteiger partial charge in [0.05, 0.1) is 5.38 Å². The summed E-state index contributed by atoms with van der Waals surface area (Å²) in [6, 6.07) is 10.8. The zero-order valence-electron chi connectivity index (χ0n) is 8.25. The van der Waals surface area contributed by atoms with E-state index in [1.54, 1.807) is 0 Å². The van der Waals surface area contributed by atoms with Crippen LogP contribution < -0.4 is 5.32 Å². The van der Waals surface area contributed by atoms with Gasteiger partial charge in [-0.15, -0.1) is 11.6 Å². The van der Waals surface area contributed by atoms with Crippen LogP contribution in [-0.2, 0) is 0 Å². The van der Waals surface area contributed by atoms with Gasteiger partial charge >= 0.3 is 0 Å². The average molecular weight is 210 g/mol. The molecule has 2 rings (SSSR count). The minimum Gasteiger partial charge on any atom is -0.312 e. The van der Waals surface area contributed by atoms with Crippen LogP contribution in [0.5, 0.6) is 0 Å². The summed E-state index contributed by atoms with van der Waals surface area (Å²) >= 11 is 6.42. The lowest BCUT2D eigenvalue weighted by atomic mass is 9.97. The molecule has 1 aromatic carbocycles. The second-order valence-corrected chi connectivity index (χ2v) is 4.34. The highest BCUT2D eigenvalue weighted by atomic mass is 35.5. The molecule has 0 aromatic heterocycles. The number of halogens is 1. The average Bonchev–Trinajstić information content (AvgIpc) is 2.30. The molecule has 76 valence electrons. The number of benzene rings is 1. The van der Waals surface area contributed by atoms with Crippen molar-refractivity contribution in [3.63, 3.8) is 0 Å². The number of alkyl halides is 1. The first-order chi connectivity index (χ1) is 6.88. The Kier molecular flexibility index (Phi) is 3.44. The molecule has 1 fully saturated rings. The quantitative estimate of drug-likeness (QED) is 0.739. The Bertz CT molecular complexity index is 267. The molecule has 1 aromatic rings. The normalized spacial score (nSPS) is 24.5. The van der Waals surface area contributed by atoms with Crippen molar-refractivity contribution in [2.75, 3.05) is 6.54 Å². The highest BCUT2D eigenvalue weighted by Crippen LogP contribution is 2.28. The first-order valence-electron chi connectivity index (χ1n) is 5.30. The lowest BCUT2D eigenvalue weighted by Crippen LogP contribution is -2.37. The zero-order valence-corrected chi connectivity index (χ0v) is 9.00. The summed E-state index contributed by atoms with van der Waals surface area (Å²) in [4.78, 5) is 0. The highest BCUT2D eigenvalue weighted by molar-refractivity contribution is 6.21. The van der Waals surface area contributed by atoms with Gasteiger partial charge in [-0.1, -0.05) is 36.8 Å². The summed E-state index contributed by atoms with van der Waals surface area (Å²) in [5.41, 5.74) is 1.23. The maximum absolute atomic E-state index is 6.42. The Morgan fingerprint density at radius 1 is 1.21 bits per heavy atom. The molecule has 2 atom stereocenters. The Labute approximate surface area is 90.5 Å². The molecule has 0 bridgehead atoms. The smallest absolute Gasteiger partial charge is 0.0738 e. The maximum Gasteiger partial charge on any atom is 0.0738 e. The van der Waals surface area contributed by atoms with Gasteiger partial charge in [0, 0.05) is 6.04 Å². The van der Waals surface area contributed by atoms with Gasteiger partial charge in [0.25, 0.3) is 0 Å². The highest BCUT2D eigenvalue weighted by Gasteiger charge is 2.22. The van der Waals surface area contributed by atoms with Crippen LogP contribution in [0.2, 0.25) is 0 Å². The van der Waals surface area contributed by atoms with E-state index in [1.165, 1.54) is 24.8 Å². The largest absolute Gasteiger partial charge is 0.312 e. The molecule has 1 N–H and O–H groups in total. The molecule has 1 aliphatic heterocycles. The Balaban J connectivity index is 2.03. The molecular weight excluding hydrogens is 194 g/mol. The van der Waals surface area contributed by atoms with Crippen molar-refractivity contribution in [3.8, 4) is 0 Å². The number of hydrogen-bond acceptors (Lipinski definition) is 1. The maximum atomic E-state index is 6.42. The van der Waals surface area contributed by atoms with Crippen LogP contribution in [0.25, 0.3) is 0 Å². The van der Waals surface area contributed by atoms with Crippen molar-refractivity contribution in [1.82, 2.24) is 5.32 Å². The van der Waals surface area contributed by atoms with E-state index in [-0.39, 0.29) is 5.38 Å². The van der Waals surface area contributed by atoms with Crippen LogP contribution in [0.4, 0.5) is 0 Å². The molecular formula is C12H16ClN. The molecule has 14 heavy (non-hydrogen) atoms. The van der Waals surface area contributed by atoms with Crippen molar-refractivity contribution in [2.45, 2.75) is 30.7 Å². The van der Waals surface area contributed by atoms with Gasteiger partial charge in [0.15, 0.2) is 0 Å². The van der Waals surface area contributed by atoms with Gasteiger partial charge in [0.1, 0.15) is 0 Å². The molecule has 0 spiro atoms. The molecule has 0 radical (unpaired) electrons. The van der Waals surface area contributed by atoms with Gasteiger partial charge in [-0.3, -0.25) is 0 Å². The number of piperidine rings is 1. The third-order valence-electron chi connectivity index (χ3n) is 2.82. The monoisotopic (exact) mass is 209 g/mol. The van der Waals surface area contributed by atoms with Gasteiger partial charge in [-0.05, 0) is 24.9 Å². The molecule has 1 heterocycles. The van der Waals surface area contributed by atoms with Crippen LogP contribution in [0.3, 0.4) is 0 Å². The summed E-state index contributed by atoms with van der Waals surface area (Å²) in [6.45, 7) is 1.11. The summed E-state index contributed by atoms with van der Waals surface area (Å²) in [7, 11) is 0. The van der Waals surface area contributed by atoms with E-state index in [0.29, 0.717) is 6.04 Å². The minimum atomic E-state index is 0.122. The zero-order chi connectivity index (χ0) is 9.80. The molecule has 1 nitrogen and oxygen atoms in total. The van der Waals surface area contributed by atoms with E-state index >= 15 is 0 Å². The SMILES string of the molecule is ClC(c1ccccc1)C1CCCCN1. The standard InChI is InChI=1S/C12H16ClN/c13-12(10-6-2-1-3-7-10)11-8-4-5-9-14-11/h1-3,6-7,11-12,14H,4-5,8-9H2. The first kappa shape index (κ1) is 10.0. The van der Waals surface area contributed by atoms with Crippen LogP contribution >= 0.6 is 11.6 Å². The summed E-state index contributed by atoms with van der Waals surface area (Å²) in [5.74, 6) is 0. The minimum absolute atomic E-state index is 0.122. The Morgan fingerprint density at radius 2 is 2.00 bits per heavy atom. The number of rotatable bonds is 2. The predicted molar refractivity (Wildman–Crippen MR) is 60.7 cm³/mol. The van der Waals surface area contributed by atoms with E-state index in [1.807, 2.05) is 18.2 Å². The summed E-state index contributed by atoms with van der Waals surface area (Å²) < 4.78 is 0. The second kappa shape index (κ2) is 4.81. The molecule has 0 saturated carbocycles. The van der Waals surface area contributed by atoms with Crippen molar-refractivity contribution in [2.24, 2.45) is 0 Å². The molecule has 1 saturated heterocycles. The fourth-order valence-electron chi connectivity index (χ4n) is 2.00. The third-order valence-corrected chi connectivity index (χ3v) is 3.38. The van der Waals surface area contributed by atoms with Crippen LogP contribution in [0.1, 0.15) is 30.2 Å². The number of nitrogens with one attached hydrogen (secondary N) is 1. The van der Waals surface area contributed by atoms with Crippen molar-refractivity contribution >= 4 is 11.6 Å². The van der Waals surface area contributed by atoms with Crippen molar-refractivity contribution in [3.05, 3.63) is 35.9 Å². The van der Waals surface area contributed by atoms with Crippen molar-refractivity contribution in [1.29, 1.82) is 0 Å². The molecule has 1 aliphatic rings. The van der Waals surface area contributed by atoms with E-state index in [0.717, 1.165) is 6.54 Å². The predicted octanol–water partition coefficient (Wildman–Crippen LogP) is 3.11. The van der Waals surface area contributed by atoms with Gasteiger partial charge < -0.3 is 5.32 Å². The first-order valence-corrected chi connectivity index (χ1v) is 5.74. The van der Waals surface area contributed by atoms with Crippen LogP contribution in [0, 0.1) is 0 Å². The van der Waals surface area contributed by atoms with Gasteiger partial charge in [-0.25, -0.2) is 0 Å². The molecule has 0 amide bonds. The third kappa shape index (κ3) is 2.28. The fraction of sp³-hybridized carbons (Fsp3) is 0.500. The van der Waals surface area contributed by atoms with E-state index in [4.69, 9.17) is 11.6 Å². The van der Waals surface area contributed by atoms with Crippen LogP contribution in [-0.4, -0.2) is 12.6 Å². The molecule has 2 heteroatoms. The van der Waals surface area contributed by atoms with E-state index in [2.05, 4.69) is 17.4 Å². The lowest BCUT2D eigenvalue weighted by Gasteiger charge is -2.27. The number of hydrogen-bond donors (Lipinski definition) is 1. The second-order valence-electron chi connectivity index (χ2n) is 3.87. The van der Waals surface area contributed by atoms with Crippen LogP contribution in [0.15, 0.2) is 30.3 Å². The lowest BCUT2D eigenvalue weighted by molar-refractivity contribution is 0.392. The van der Waals surface area contributed by atoms with Gasteiger partial charge in [0.2, 0.25) is 0 Å². The van der Waals surface area contributed by atoms with E-state index in [9.17, 15) is 0 Å². The topological polar surface area (TPSA) is 12.0 Å². The fourth-order valence-corrected chi connectivity index (χ4v) is 2.36. The van der Waals surface area contributed by atoms with Gasteiger partial charge in [-0.2, -0.15) is 0 Å². The summed E-state index contributed by atoms with van der Waals surface area (Å²) in [5, 5.41) is 3.61. The Hall–Kier alpha value is -0.530. The van der Waals surface area contributed by atoms with Crippen molar-refractivity contribution < 1.29 is 0 Å². The summed E-state index contributed by atoms with van der Waals surface area (Å²) in [6.07, 6.45) is 3.78. The van der Waals surface area contributed by atoms with E-state index < -0.39 is 0 Å². The molecule has 2 unspecified atom stereocenters.